The summed E-state index contributed by atoms with van der Waals surface area (Å²) < 4.78 is 9.47. The van der Waals surface area contributed by atoms with E-state index in [9.17, 15) is 14.4 Å². The van der Waals surface area contributed by atoms with Crippen molar-refractivity contribution in [3.05, 3.63) is 42.2 Å². The average Bonchev–Trinajstić information content (AvgIpc) is 2.55. The van der Waals surface area contributed by atoms with Gasteiger partial charge in [0.15, 0.2) is 0 Å². The van der Waals surface area contributed by atoms with Gasteiger partial charge in [0, 0.05) is 11.1 Å². The Labute approximate surface area is 96.6 Å². The summed E-state index contributed by atoms with van der Waals surface area (Å²) in [5, 5.41) is 0. The number of fused-ring (bicyclic) bond motifs is 1. The third-order valence-corrected chi connectivity index (χ3v) is 2.41. The average molecular weight is 232 g/mol. The second kappa shape index (κ2) is 4.21. The van der Waals surface area contributed by atoms with E-state index in [0.29, 0.717) is 5.75 Å². The molecule has 2 rings (SSSR count). The number of rotatable bonds is 4. The van der Waals surface area contributed by atoms with Crippen LogP contribution in [0.25, 0.3) is 0 Å². The van der Waals surface area contributed by atoms with Crippen LogP contribution >= 0.6 is 0 Å². The molecule has 5 heteroatoms. The molecular weight excluding hydrogens is 224 g/mol. The van der Waals surface area contributed by atoms with Crippen LogP contribution in [0.3, 0.4) is 0 Å². The van der Waals surface area contributed by atoms with Crippen molar-refractivity contribution in [2.24, 2.45) is 0 Å². The van der Waals surface area contributed by atoms with Crippen LogP contribution in [-0.2, 0) is 9.53 Å². The zero-order valence-corrected chi connectivity index (χ0v) is 8.71. The normalized spacial score (nSPS) is 17.5. The molecule has 1 aromatic carbocycles. The zero-order valence-electron chi connectivity index (χ0n) is 8.71. The highest BCUT2D eigenvalue weighted by molar-refractivity contribution is 6.29. The van der Waals surface area contributed by atoms with E-state index < -0.39 is 17.7 Å². The fraction of sp³-hybridized carbons (Fsp3) is 0.0833. The van der Waals surface area contributed by atoms with Crippen LogP contribution < -0.4 is 4.74 Å². The monoisotopic (exact) mass is 232 g/mol. The van der Waals surface area contributed by atoms with Gasteiger partial charge in [0.1, 0.15) is 5.75 Å². The Bertz CT molecular complexity index is 518. The van der Waals surface area contributed by atoms with Gasteiger partial charge in [0.05, 0.1) is 6.26 Å². The molecule has 1 aromatic rings. The molecule has 0 N–H and O–H groups in total. The maximum Gasteiger partial charge on any atom is 0.294 e. The van der Waals surface area contributed by atoms with Gasteiger partial charge in [-0.25, -0.2) is 0 Å². The lowest BCUT2D eigenvalue weighted by molar-refractivity contribution is -0.130. The quantitative estimate of drug-likeness (QED) is 0.442. The van der Waals surface area contributed by atoms with Gasteiger partial charge in [-0.2, -0.15) is 0 Å². The highest BCUT2D eigenvalue weighted by atomic mass is 16.5. The molecule has 5 nitrogen and oxygen atoms in total. The standard InChI is InChI=1S/C12H8O5/c1-2-16-7-3-4-8-9(5-7)11(15)12(10(8)14)17-6-13/h2-6,12H,1H2. The molecule has 1 aliphatic rings. The van der Waals surface area contributed by atoms with E-state index in [2.05, 4.69) is 11.3 Å². The number of hydrogen-bond donors (Lipinski definition) is 0. The molecule has 86 valence electrons. The maximum absolute atomic E-state index is 11.8. The molecule has 0 aliphatic heterocycles. The summed E-state index contributed by atoms with van der Waals surface area (Å²) in [4.78, 5) is 33.7. The van der Waals surface area contributed by atoms with Gasteiger partial charge in [-0.1, -0.05) is 6.58 Å². The summed E-state index contributed by atoms with van der Waals surface area (Å²) >= 11 is 0. The number of carbonyl (C=O) groups is 3. The molecule has 1 aliphatic carbocycles. The Kier molecular flexibility index (Phi) is 2.74. The number of ketones is 2. The SMILES string of the molecule is C=COc1ccc2c(c1)C(=O)C(OC=O)C2=O. The molecule has 17 heavy (non-hydrogen) atoms. The summed E-state index contributed by atoms with van der Waals surface area (Å²) in [6.07, 6.45) is -0.149. The van der Waals surface area contributed by atoms with Crippen LogP contribution in [0, 0.1) is 0 Å². The largest absolute Gasteiger partial charge is 0.466 e. The highest BCUT2D eigenvalue weighted by Gasteiger charge is 2.40. The number of benzene rings is 1. The van der Waals surface area contributed by atoms with Crippen LogP contribution in [0.2, 0.25) is 0 Å². The molecule has 0 saturated carbocycles. The Morgan fingerprint density at radius 1 is 1.18 bits per heavy atom. The second-order valence-corrected chi connectivity index (χ2v) is 3.33. The van der Waals surface area contributed by atoms with Crippen molar-refractivity contribution in [1.29, 1.82) is 0 Å². The Morgan fingerprint density at radius 3 is 2.53 bits per heavy atom. The van der Waals surface area contributed by atoms with Crippen molar-refractivity contribution >= 4 is 18.0 Å². The van der Waals surface area contributed by atoms with Gasteiger partial charge < -0.3 is 9.47 Å². The van der Waals surface area contributed by atoms with Crippen LogP contribution in [-0.4, -0.2) is 24.1 Å². The van der Waals surface area contributed by atoms with E-state index in [4.69, 9.17) is 4.74 Å². The van der Waals surface area contributed by atoms with Crippen molar-refractivity contribution in [3.63, 3.8) is 0 Å². The third-order valence-electron chi connectivity index (χ3n) is 2.41. The predicted octanol–water partition coefficient (Wildman–Crippen LogP) is 1.13. The van der Waals surface area contributed by atoms with Crippen molar-refractivity contribution in [2.75, 3.05) is 0 Å². The fourth-order valence-corrected chi connectivity index (χ4v) is 1.69. The van der Waals surface area contributed by atoms with Gasteiger partial charge in [-0.3, -0.25) is 14.4 Å². The van der Waals surface area contributed by atoms with Gasteiger partial charge in [-0.05, 0) is 18.2 Å². The van der Waals surface area contributed by atoms with E-state index in [1.165, 1.54) is 24.5 Å². The summed E-state index contributed by atoms with van der Waals surface area (Å²) in [7, 11) is 0. The molecule has 0 heterocycles. The molecule has 0 aromatic heterocycles. The van der Waals surface area contributed by atoms with E-state index in [-0.39, 0.29) is 17.6 Å². The number of ether oxygens (including phenoxy) is 2. The topological polar surface area (TPSA) is 69.7 Å². The van der Waals surface area contributed by atoms with Gasteiger partial charge in [-0.15, -0.1) is 0 Å². The lowest BCUT2D eigenvalue weighted by Gasteiger charge is -2.02. The molecule has 0 radical (unpaired) electrons. The van der Waals surface area contributed by atoms with Crippen LogP contribution in [0.5, 0.6) is 5.75 Å². The predicted molar refractivity (Wildman–Crippen MR) is 56.9 cm³/mol. The van der Waals surface area contributed by atoms with Crippen LogP contribution in [0.4, 0.5) is 0 Å². The lowest BCUT2D eigenvalue weighted by Crippen LogP contribution is -2.25. The number of Topliss-reactive ketones (excluding diaryl/α,β-unsaturated/α-hetero) is 2. The lowest BCUT2D eigenvalue weighted by atomic mass is 10.1. The van der Waals surface area contributed by atoms with Gasteiger partial charge >= 0.3 is 0 Å². The van der Waals surface area contributed by atoms with Crippen molar-refractivity contribution < 1.29 is 23.9 Å². The fourth-order valence-electron chi connectivity index (χ4n) is 1.69. The van der Waals surface area contributed by atoms with Crippen molar-refractivity contribution in [3.8, 4) is 5.75 Å². The Morgan fingerprint density at radius 2 is 1.88 bits per heavy atom. The number of carbonyl (C=O) groups excluding carboxylic acids is 3. The van der Waals surface area contributed by atoms with E-state index in [0.717, 1.165) is 0 Å². The highest BCUT2D eigenvalue weighted by Crippen LogP contribution is 2.27. The number of hydrogen-bond acceptors (Lipinski definition) is 5. The van der Waals surface area contributed by atoms with Crippen molar-refractivity contribution in [2.45, 2.75) is 6.10 Å². The molecule has 1 unspecified atom stereocenters. The molecule has 0 spiro atoms. The zero-order chi connectivity index (χ0) is 12.4. The molecule has 0 amide bonds. The first-order valence-corrected chi connectivity index (χ1v) is 4.78. The first-order valence-electron chi connectivity index (χ1n) is 4.78. The van der Waals surface area contributed by atoms with E-state index in [1.807, 2.05) is 0 Å². The maximum atomic E-state index is 11.8. The second-order valence-electron chi connectivity index (χ2n) is 3.33. The summed E-state index contributed by atoms with van der Waals surface area (Å²) in [6.45, 7) is 3.47. The van der Waals surface area contributed by atoms with Gasteiger partial charge in [0.2, 0.25) is 17.7 Å². The minimum atomic E-state index is -1.36. The summed E-state index contributed by atoms with van der Waals surface area (Å²) in [6, 6.07) is 4.42. The Hall–Kier alpha value is -2.43. The van der Waals surface area contributed by atoms with Crippen LogP contribution in [0.1, 0.15) is 20.7 Å². The molecule has 0 bridgehead atoms. The minimum Gasteiger partial charge on any atom is -0.466 e. The summed E-state index contributed by atoms with van der Waals surface area (Å²) in [5.41, 5.74) is 0.430. The summed E-state index contributed by atoms with van der Waals surface area (Å²) in [5.74, 6) is -0.652. The van der Waals surface area contributed by atoms with E-state index >= 15 is 0 Å². The molecule has 1 atom stereocenters. The third kappa shape index (κ3) is 1.71. The van der Waals surface area contributed by atoms with Gasteiger partial charge in [0.25, 0.3) is 6.47 Å². The first-order chi connectivity index (χ1) is 8.19. The smallest absolute Gasteiger partial charge is 0.294 e. The van der Waals surface area contributed by atoms with Crippen LogP contribution in [0.15, 0.2) is 31.0 Å². The molecular formula is C12H8O5. The molecule has 0 saturated heterocycles. The molecule has 0 fully saturated rings. The van der Waals surface area contributed by atoms with E-state index in [1.54, 1.807) is 0 Å². The van der Waals surface area contributed by atoms with Crippen molar-refractivity contribution in [1.82, 2.24) is 0 Å². The first kappa shape index (κ1) is 11.1. The minimum absolute atomic E-state index is 0.0908. The Balaban J connectivity index is 2.42.